The van der Waals surface area contributed by atoms with E-state index in [0.717, 1.165) is 18.3 Å². The quantitative estimate of drug-likeness (QED) is 0.421. The van der Waals surface area contributed by atoms with Gasteiger partial charge in [0.25, 0.3) is 0 Å². The maximum Gasteiger partial charge on any atom is 0.343 e. The SMILES string of the molecule is C=C1CC[C@H]2[C@@H]3CC=C4C=C(OC(=O)c5ccccc5)C=C[C@]4(C)[C@H]3CC[C@]12C. The molecular formula is C27H30O2. The van der Waals surface area contributed by atoms with Gasteiger partial charge in [-0.1, -0.05) is 56.4 Å². The third-order valence-corrected chi connectivity index (χ3v) is 8.51. The summed E-state index contributed by atoms with van der Waals surface area (Å²) in [7, 11) is 0. The molecule has 1 aromatic carbocycles. The van der Waals surface area contributed by atoms with Gasteiger partial charge >= 0.3 is 5.97 Å². The molecule has 5 atom stereocenters. The summed E-state index contributed by atoms with van der Waals surface area (Å²) >= 11 is 0. The molecule has 0 amide bonds. The van der Waals surface area contributed by atoms with Crippen LogP contribution >= 0.6 is 0 Å². The summed E-state index contributed by atoms with van der Waals surface area (Å²) < 4.78 is 5.69. The van der Waals surface area contributed by atoms with Gasteiger partial charge in [-0.25, -0.2) is 4.79 Å². The summed E-state index contributed by atoms with van der Waals surface area (Å²) in [4.78, 5) is 12.4. The molecule has 1 aromatic rings. The Morgan fingerprint density at radius 1 is 1.14 bits per heavy atom. The van der Waals surface area contributed by atoms with Crippen LogP contribution in [0.3, 0.4) is 0 Å². The summed E-state index contributed by atoms with van der Waals surface area (Å²) in [5.41, 5.74) is 3.76. The zero-order valence-corrected chi connectivity index (χ0v) is 17.5. The van der Waals surface area contributed by atoms with E-state index in [1.54, 1.807) is 12.1 Å². The zero-order chi connectivity index (χ0) is 20.2. The summed E-state index contributed by atoms with van der Waals surface area (Å²) in [5, 5.41) is 0. The van der Waals surface area contributed by atoms with Crippen LogP contribution in [-0.4, -0.2) is 5.97 Å². The number of benzene rings is 1. The summed E-state index contributed by atoms with van der Waals surface area (Å²) in [6.45, 7) is 9.26. The molecule has 0 aliphatic heterocycles. The Kier molecular flexibility index (Phi) is 4.24. The van der Waals surface area contributed by atoms with E-state index in [1.165, 1.54) is 36.8 Å². The number of esters is 1. The summed E-state index contributed by atoms with van der Waals surface area (Å²) in [5.74, 6) is 2.50. The van der Waals surface area contributed by atoms with Gasteiger partial charge in [0.2, 0.25) is 0 Å². The predicted octanol–water partition coefficient (Wildman–Crippen LogP) is 6.63. The van der Waals surface area contributed by atoms with Crippen molar-refractivity contribution in [1.82, 2.24) is 0 Å². The molecule has 0 saturated heterocycles. The first kappa shape index (κ1) is 18.7. The maximum atomic E-state index is 12.4. The molecule has 29 heavy (non-hydrogen) atoms. The summed E-state index contributed by atoms with van der Waals surface area (Å²) in [6, 6.07) is 9.20. The van der Waals surface area contributed by atoms with Crippen LogP contribution in [0, 0.1) is 28.6 Å². The molecule has 0 aromatic heterocycles. The third kappa shape index (κ3) is 2.79. The van der Waals surface area contributed by atoms with Crippen molar-refractivity contribution in [2.75, 3.05) is 0 Å². The molecule has 0 radical (unpaired) electrons. The summed E-state index contributed by atoms with van der Waals surface area (Å²) in [6.07, 6.45) is 15.0. The number of carbonyl (C=O) groups excluding carboxylic acids is 1. The van der Waals surface area contributed by atoms with Gasteiger partial charge in [-0.05, 0) is 85.1 Å². The topological polar surface area (TPSA) is 26.3 Å². The third-order valence-electron chi connectivity index (χ3n) is 8.51. The van der Waals surface area contributed by atoms with Crippen molar-refractivity contribution in [3.05, 3.63) is 83.7 Å². The maximum absolute atomic E-state index is 12.4. The number of allylic oxidation sites excluding steroid dienone is 6. The standard InChI is InChI=1S/C27H30O2/c1-18-9-12-23-22-11-10-20-17-21(29-25(28)19-7-5-4-6-8-19)13-15-27(20,3)24(22)14-16-26(18,23)2/h4-8,10,13,15,17,22-24H,1,9,11-12,14,16H2,2-3H3/t22-,23-,24-,26+,27-/m0/s1. The minimum Gasteiger partial charge on any atom is -0.423 e. The number of carbonyl (C=O) groups is 1. The largest absolute Gasteiger partial charge is 0.423 e. The minimum atomic E-state index is -0.294. The van der Waals surface area contributed by atoms with Gasteiger partial charge in [0.05, 0.1) is 5.56 Å². The van der Waals surface area contributed by atoms with Crippen LogP contribution in [0.15, 0.2) is 78.1 Å². The Morgan fingerprint density at radius 3 is 2.72 bits per heavy atom. The van der Waals surface area contributed by atoms with Crippen LogP contribution in [0.25, 0.3) is 0 Å². The first-order valence-corrected chi connectivity index (χ1v) is 11.0. The van der Waals surface area contributed by atoms with E-state index in [4.69, 9.17) is 4.74 Å². The van der Waals surface area contributed by atoms with Crippen molar-refractivity contribution in [2.45, 2.75) is 46.0 Å². The molecule has 4 aliphatic carbocycles. The Labute approximate surface area is 174 Å². The van der Waals surface area contributed by atoms with Crippen LogP contribution in [0.4, 0.5) is 0 Å². The fourth-order valence-corrected chi connectivity index (χ4v) is 6.66. The molecule has 5 rings (SSSR count). The van der Waals surface area contributed by atoms with Crippen molar-refractivity contribution in [3.8, 4) is 0 Å². The van der Waals surface area contributed by atoms with Crippen molar-refractivity contribution in [3.63, 3.8) is 0 Å². The highest BCUT2D eigenvalue weighted by molar-refractivity contribution is 5.90. The Bertz CT molecular complexity index is 950. The Morgan fingerprint density at radius 2 is 1.93 bits per heavy atom. The van der Waals surface area contributed by atoms with E-state index in [2.05, 4.69) is 38.7 Å². The number of rotatable bonds is 2. The highest BCUT2D eigenvalue weighted by Gasteiger charge is 2.55. The van der Waals surface area contributed by atoms with E-state index in [1.807, 2.05) is 24.3 Å². The highest BCUT2D eigenvalue weighted by Crippen LogP contribution is 2.64. The van der Waals surface area contributed by atoms with E-state index in [-0.39, 0.29) is 11.4 Å². The van der Waals surface area contributed by atoms with Crippen molar-refractivity contribution in [2.24, 2.45) is 28.6 Å². The molecule has 2 fully saturated rings. The monoisotopic (exact) mass is 386 g/mol. The number of ether oxygens (including phenoxy) is 1. The number of fused-ring (bicyclic) bond motifs is 5. The molecular weight excluding hydrogens is 356 g/mol. The lowest BCUT2D eigenvalue weighted by molar-refractivity contribution is 0.0145. The van der Waals surface area contributed by atoms with Gasteiger partial charge in [-0.3, -0.25) is 0 Å². The Hall–Kier alpha value is -2.35. The van der Waals surface area contributed by atoms with E-state index < -0.39 is 0 Å². The molecule has 0 bridgehead atoms. The van der Waals surface area contributed by atoms with Crippen molar-refractivity contribution < 1.29 is 9.53 Å². The van der Waals surface area contributed by atoms with Crippen molar-refractivity contribution >= 4 is 5.97 Å². The van der Waals surface area contributed by atoms with Gasteiger partial charge in [-0.2, -0.15) is 0 Å². The zero-order valence-electron chi connectivity index (χ0n) is 17.5. The van der Waals surface area contributed by atoms with E-state index in [9.17, 15) is 4.79 Å². The molecule has 2 nitrogen and oxygen atoms in total. The minimum absolute atomic E-state index is 0.0385. The van der Waals surface area contributed by atoms with Gasteiger partial charge in [0, 0.05) is 5.41 Å². The van der Waals surface area contributed by atoms with Crippen LogP contribution < -0.4 is 0 Å². The van der Waals surface area contributed by atoms with Crippen LogP contribution in [-0.2, 0) is 4.74 Å². The fourth-order valence-electron chi connectivity index (χ4n) is 6.66. The normalized spacial score (nSPS) is 37.7. The second kappa shape index (κ2) is 6.58. The smallest absolute Gasteiger partial charge is 0.343 e. The van der Waals surface area contributed by atoms with Crippen LogP contribution in [0.1, 0.15) is 56.3 Å². The van der Waals surface area contributed by atoms with Gasteiger partial charge in [0.15, 0.2) is 0 Å². The first-order chi connectivity index (χ1) is 13.9. The van der Waals surface area contributed by atoms with Gasteiger partial charge < -0.3 is 4.74 Å². The molecule has 2 heteroatoms. The molecule has 2 saturated carbocycles. The molecule has 0 spiro atoms. The number of hydrogen-bond donors (Lipinski definition) is 0. The molecule has 0 heterocycles. The predicted molar refractivity (Wildman–Crippen MR) is 116 cm³/mol. The number of hydrogen-bond acceptors (Lipinski definition) is 2. The Balaban J connectivity index is 1.40. The lowest BCUT2D eigenvalue weighted by atomic mass is 9.49. The van der Waals surface area contributed by atoms with Crippen LogP contribution in [0.2, 0.25) is 0 Å². The molecule has 0 N–H and O–H groups in total. The average molecular weight is 387 g/mol. The van der Waals surface area contributed by atoms with E-state index in [0.29, 0.717) is 22.7 Å². The average Bonchev–Trinajstić information content (AvgIpc) is 3.03. The fraction of sp³-hybridized carbons (Fsp3) is 0.444. The van der Waals surface area contributed by atoms with E-state index >= 15 is 0 Å². The second-order valence-corrected chi connectivity index (χ2v) is 9.79. The highest BCUT2D eigenvalue weighted by atomic mass is 16.5. The first-order valence-electron chi connectivity index (χ1n) is 11.0. The lowest BCUT2D eigenvalue weighted by Gasteiger charge is -2.55. The van der Waals surface area contributed by atoms with Crippen molar-refractivity contribution in [1.29, 1.82) is 0 Å². The molecule has 0 unspecified atom stereocenters. The second-order valence-electron chi connectivity index (χ2n) is 9.79. The molecule has 4 aliphatic rings. The van der Waals surface area contributed by atoms with Crippen LogP contribution in [0.5, 0.6) is 0 Å². The van der Waals surface area contributed by atoms with Gasteiger partial charge in [0.1, 0.15) is 5.76 Å². The lowest BCUT2D eigenvalue weighted by Crippen LogP contribution is -2.47. The molecule has 150 valence electrons. The van der Waals surface area contributed by atoms with Gasteiger partial charge in [-0.15, -0.1) is 0 Å².